The Bertz CT molecular complexity index is 1150. The van der Waals surface area contributed by atoms with E-state index in [4.69, 9.17) is 11.6 Å². The molecule has 4 rings (SSSR count). The largest absolute Gasteiger partial charge is 0.481 e. The second-order valence-corrected chi connectivity index (χ2v) is 9.39. The summed E-state index contributed by atoms with van der Waals surface area (Å²) in [5, 5.41) is 22.9. The third-order valence-electron chi connectivity index (χ3n) is 5.84. The van der Waals surface area contributed by atoms with Crippen molar-refractivity contribution in [1.82, 2.24) is 4.90 Å². The quantitative estimate of drug-likeness (QED) is 0.428. The van der Waals surface area contributed by atoms with E-state index in [0.717, 1.165) is 20.9 Å². The lowest BCUT2D eigenvalue weighted by Gasteiger charge is -2.21. The van der Waals surface area contributed by atoms with Gasteiger partial charge >= 0.3 is 5.97 Å². The van der Waals surface area contributed by atoms with Crippen molar-refractivity contribution in [3.63, 3.8) is 0 Å². The van der Waals surface area contributed by atoms with Crippen molar-refractivity contribution in [1.29, 1.82) is 0 Å². The number of carboxylic acid groups (broad SMARTS) is 1. The predicted molar refractivity (Wildman–Crippen MR) is 127 cm³/mol. The summed E-state index contributed by atoms with van der Waals surface area (Å²) in [7, 11) is 0. The van der Waals surface area contributed by atoms with E-state index in [1.165, 1.54) is 0 Å². The van der Waals surface area contributed by atoms with Gasteiger partial charge in [-0.25, -0.2) is 0 Å². The van der Waals surface area contributed by atoms with Gasteiger partial charge in [0, 0.05) is 16.4 Å². The number of halogens is 1. The van der Waals surface area contributed by atoms with E-state index in [-0.39, 0.29) is 19.4 Å². The van der Waals surface area contributed by atoms with Crippen LogP contribution in [0.4, 0.5) is 0 Å². The molecule has 0 fully saturated rings. The molecule has 0 spiro atoms. The van der Waals surface area contributed by atoms with E-state index in [1.807, 2.05) is 35.7 Å². The lowest BCUT2D eigenvalue weighted by Crippen LogP contribution is -2.36. The van der Waals surface area contributed by atoms with Gasteiger partial charge < -0.3 is 10.2 Å². The molecule has 170 valence electrons. The van der Waals surface area contributed by atoms with Gasteiger partial charge in [0.1, 0.15) is 0 Å². The number of carbonyl (C=O) groups is 3. The summed E-state index contributed by atoms with van der Waals surface area (Å²) >= 11 is 7.49. The Morgan fingerprint density at radius 2 is 1.61 bits per heavy atom. The first kappa shape index (κ1) is 23.2. The van der Waals surface area contributed by atoms with Crippen molar-refractivity contribution >= 4 is 40.7 Å². The molecule has 8 heteroatoms. The number of benzene rings is 2. The lowest BCUT2D eigenvalue weighted by atomic mass is 9.94. The van der Waals surface area contributed by atoms with Crippen LogP contribution in [0.5, 0.6) is 0 Å². The number of carboxylic acids is 1. The molecule has 0 bridgehead atoms. The molecule has 0 unspecified atom stereocenters. The van der Waals surface area contributed by atoms with E-state index in [0.29, 0.717) is 22.6 Å². The number of aliphatic hydroxyl groups is 1. The van der Waals surface area contributed by atoms with Gasteiger partial charge in [-0.3, -0.25) is 19.3 Å². The van der Waals surface area contributed by atoms with Gasteiger partial charge in [-0.05, 0) is 66.1 Å². The Morgan fingerprint density at radius 1 is 0.970 bits per heavy atom. The number of fused-ring (bicyclic) bond motifs is 1. The van der Waals surface area contributed by atoms with Crippen LogP contribution in [0.15, 0.2) is 60.0 Å². The second kappa shape index (κ2) is 9.87. The van der Waals surface area contributed by atoms with E-state index in [2.05, 4.69) is 0 Å². The minimum atomic E-state index is -1.15. The maximum absolute atomic E-state index is 12.5. The van der Waals surface area contributed by atoms with Gasteiger partial charge in [0.25, 0.3) is 11.8 Å². The molecule has 2 heterocycles. The Hall–Kier alpha value is -3.00. The number of aliphatic hydroxyl groups excluding tert-OH is 1. The van der Waals surface area contributed by atoms with E-state index >= 15 is 0 Å². The first-order chi connectivity index (χ1) is 15.8. The fourth-order valence-corrected chi connectivity index (χ4v) is 5.03. The maximum Gasteiger partial charge on any atom is 0.309 e. The number of amides is 2. The van der Waals surface area contributed by atoms with Crippen LogP contribution in [0.1, 0.15) is 38.4 Å². The fraction of sp³-hybridized carbons (Fsp3) is 0.240. The molecule has 2 atom stereocenters. The average molecular weight is 484 g/mol. The van der Waals surface area contributed by atoms with Crippen LogP contribution in [0.2, 0.25) is 5.02 Å². The standard InChI is InChI=1S/C25H22ClNO5S/c26-17-7-5-15(6-8-17)16-13-18(33-14-16)9-10-22(28)21(25(31)32)11-12-27-23(29)19-3-1-2-4-20(19)24(27)30/h1-8,13-14,21-22,28H,9-12H2,(H,31,32)/t21-,22-/m1/s1. The summed E-state index contributed by atoms with van der Waals surface area (Å²) in [6.07, 6.45) is -0.322. The zero-order chi connectivity index (χ0) is 23.5. The van der Waals surface area contributed by atoms with Crippen molar-refractivity contribution in [3.8, 4) is 11.1 Å². The molecule has 2 amide bonds. The number of rotatable bonds is 9. The Labute approximate surface area is 200 Å². The second-order valence-electron chi connectivity index (χ2n) is 7.96. The lowest BCUT2D eigenvalue weighted by molar-refractivity contribution is -0.146. The van der Waals surface area contributed by atoms with Crippen LogP contribution in [0, 0.1) is 5.92 Å². The van der Waals surface area contributed by atoms with E-state index in [1.54, 1.807) is 35.6 Å². The van der Waals surface area contributed by atoms with Gasteiger partial charge in [-0.15, -0.1) is 11.3 Å². The SMILES string of the molecule is O=C(O)[C@H](CCN1C(=O)c2ccccc2C1=O)[C@H](O)CCc1cc(-c2ccc(Cl)cc2)cs1. The highest BCUT2D eigenvalue weighted by molar-refractivity contribution is 7.10. The fourth-order valence-electron chi connectivity index (χ4n) is 3.99. The van der Waals surface area contributed by atoms with Gasteiger partial charge in [0.2, 0.25) is 0 Å². The average Bonchev–Trinajstić information content (AvgIpc) is 3.37. The third-order valence-corrected chi connectivity index (χ3v) is 7.09. The van der Waals surface area contributed by atoms with Crippen LogP contribution in [0.25, 0.3) is 11.1 Å². The Kier molecular flexibility index (Phi) is 6.93. The van der Waals surface area contributed by atoms with Crippen LogP contribution >= 0.6 is 22.9 Å². The van der Waals surface area contributed by atoms with Crippen LogP contribution < -0.4 is 0 Å². The molecule has 0 saturated carbocycles. The summed E-state index contributed by atoms with van der Waals surface area (Å²) in [4.78, 5) is 38.9. The van der Waals surface area contributed by atoms with Gasteiger partial charge in [0.15, 0.2) is 0 Å². The highest BCUT2D eigenvalue weighted by Crippen LogP contribution is 2.29. The van der Waals surface area contributed by atoms with Gasteiger partial charge in [-0.2, -0.15) is 0 Å². The smallest absolute Gasteiger partial charge is 0.309 e. The first-order valence-electron chi connectivity index (χ1n) is 10.5. The van der Waals surface area contributed by atoms with E-state index < -0.39 is 29.8 Å². The first-order valence-corrected chi connectivity index (χ1v) is 11.8. The number of hydrogen-bond acceptors (Lipinski definition) is 5. The normalized spacial score (nSPS) is 14.9. The molecule has 0 aliphatic carbocycles. The van der Waals surface area contributed by atoms with Crippen LogP contribution in [-0.2, 0) is 11.2 Å². The molecule has 2 aromatic carbocycles. The van der Waals surface area contributed by atoms with Crippen molar-refractivity contribution in [3.05, 3.63) is 81.0 Å². The minimum absolute atomic E-state index is 0.0115. The number of nitrogens with zero attached hydrogens (tertiary/aromatic N) is 1. The molecule has 1 aliphatic rings. The highest BCUT2D eigenvalue weighted by atomic mass is 35.5. The molecule has 1 aliphatic heterocycles. The number of aliphatic carboxylic acids is 1. The van der Waals surface area contributed by atoms with E-state index in [9.17, 15) is 24.6 Å². The summed E-state index contributed by atoms with van der Waals surface area (Å²) in [5.41, 5.74) is 2.72. The zero-order valence-corrected chi connectivity index (χ0v) is 19.2. The van der Waals surface area contributed by atoms with Crippen molar-refractivity contribution < 1.29 is 24.6 Å². The molecular weight excluding hydrogens is 462 g/mol. The summed E-state index contributed by atoms with van der Waals surface area (Å²) < 4.78 is 0. The molecule has 33 heavy (non-hydrogen) atoms. The molecule has 0 saturated heterocycles. The number of thiophene rings is 1. The minimum Gasteiger partial charge on any atom is -0.481 e. The third kappa shape index (κ3) is 5.00. The molecule has 1 aromatic heterocycles. The topological polar surface area (TPSA) is 94.9 Å². The van der Waals surface area contributed by atoms with Crippen molar-refractivity contribution in [2.45, 2.75) is 25.4 Å². The number of carbonyl (C=O) groups excluding carboxylic acids is 2. The molecule has 2 N–H and O–H groups in total. The van der Waals surface area contributed by atoms with Gasteiger partial charge in [-0.1, -0.05) is 35.9 Å². The summed E-state index contributed by atoms with van der Waals surface area (Å²) in [6.45, 7) is -0.0555. The number of imide groups is 1. The molecule has 0 radical (unpaired) electrons. The van der Waals surface area contributed by atoms with Crippen molar-refractivity contribution in [2.75, 3.05) is 6.54 Å². The van der Waals surface area contributed by atoms with Gasteiger partial charge in [0.05, 0.1) is 23.1 Å². The molecular formula is C25H22ClNO5S. The van der Waals surface area contributed by atoms with Crippen LogP contribution in [-0.4, -0.2) is 45.5 Å². The summed E-state index contributed by atoms with van der Waals surface area (Å²) in [6, 6.07) is 16.1. The Morgan fingerprint density at radius 3 is 2.21 bits per heavy atom. The number of aryl methyl sites for hydroxylation is 1. The molecule has 3 aromatic rings. The zero-order valence-electron chi connectivity index (χ0n) is 17.6. The Balaban J connectivity index is 1.35. The molecule has 6 nitrogen and oxygen atoms in total. The monoisotopic (exact) mass is 483 g/mol. The highest BCUT2D eigenvalue weighted by Gasteiger charge is 2.36. The maximum atomic E-state index is 12.5. The van der Waals surface area contributed by atoms with Crippen LogP contribution in [0.3, 0.4) is 0 Å². The van der Waals surface area contributed by atoms with Crippen molar-refractivity contribution in [2.24, 2.45) is 5.92 Å². The summed E-state index contributed by atoms with van der Waals surface area (Å²) in [5.74, 6) is -3.08. The predicted octanol–water partition coefficient (Wildman–Crippen LogP) is 4.75. The number of hydrogen-bond donors (Lipinski definition) is 2.